The second kappa shape index (κ2) is 4.65. The number of aromatic nitrogens is 2. The summed E-state index contributed by atoms with van der Waals surface area (Å²) in [6, 6.07) is 2.50. The first-order chi connectivity index (χ1) is 7.70. The molecule has 1 aromatic heterocycles. The average molecular weight is 221 g/mol. The standard InChI is InChI=1S/C11H19N5/c1-9-7-15(3)4-5-16(9)11-6-10(12-2)13-8-14-11/h6,8-9H,4-5,7H2,1-3H3,(H,12,13,14). The first kappa shape index (κ1) is 11.1. The molecular weight excluding hydrogens is 202 g/mol. The largest absolute Gasteiger partial charge is 0.373 e. The fraction of sp³-hybridized carbons (Fsp3) is 0.636. The molecule has 0 amide bonds. The molecule has 1 aliphatic rings. The minimum atomic E-state index is 0.498. The molecular formula is C11H19N5. The van der Waals surface area contributed by atoms with E-state index in [0.29, 0.717) is 6.04 Å². The second-order valence-electron chi connectivity index (χ2n) is 4.32. The van der Waals surface area contributed by atoms with Gasteiger partial charge >= 0.3 is 0 Å². The minimum absolute atomic E-state index is 0.498. The van der Waals surface area contributed by atoms with E-state index in [9.17, 15) is 0 Å². The molecule has 1 fully saturated rings. The van der Waals surface area contributed by atoms with Crippen molar-refractivity contribution in [2.24, 2.45) is 0 Å². The van der Waals surface area contributed by atoms with Gasteiger partial charge in [0.1, 0.15) is 18.0 Å². The van der Waals surface area contributed by atoms with E-state index in [-0.39, 0.29) is 0 Å². The Morgan fingerprint density at radius 3 is 2.88 bits per heavy atom. The van der Waals surface area contributed by atoms with Gasteiger partial charge in [0, 0.05) is 38.8 Å². The minimum Gasteiger partial charge on any atom is -0.373 e. The molecule has 0 aliphatic carbocycles. The lowest BCUT2D eigenvalue weighted by Crippen LogP contribution is -2.50. The van der Waals surface area contributed by atoms with Crippen molar-refractivity contribution in [1.29, 1.82) is 0 Å². The molecule has 0 aromatic carbocycles. The highest BCUT2D eigenvalue weighted by Gasteiger charge is 2.22. The van der Waals surface area contributed by atoms with Crippen LogP contribution in [-0.4, -0.2) is 54.6 Å². The van der Waals surface area contributed by atoms with E-state index in [1.165, 1.54) is 0 Å². The first-order valence-corrected chi connectivity index (χ1v) is 5.65. The highest BCUT2D eigenvalue weighted by atomic mass is 15.3. The summed E-state index contributed by atoms with van der Waals surface area (Å²) in [7, 11) is 4.03. The van der Waals surface area contributed by atoms with E-state index in [4.69, 9.17) is 0 Å². The number of anilines is 2. The van der Waals surface area contributed by atoms with Crippen LogP contribution < -0.4 is 10.2 Å². The van der Waals surface area contributed by atoms with Crippen LogP contribution in [-0.2, 0) is 0 Å². The van der Waals surface area contributed by atoms with Gasteiger partial charge in [-0.2, -0.15) is 0 Å². The summed E-state index contributed by atoms with van der Waals surface area (Å²) in [5.41, 5.74) is 0. The Bertz CT molecular complexity index is 354. The molecule has 0 saturated carbocycles. The highest BCUT2D eigenvalue weighted by molar-refractivity contribution is 5.49. The normalized spacial score (nSPS) is 22.2. The molecule has 1 aromatic rings. The Morgan fingerprint density at radius 2 is 2.19 bits per heavy atom. The lowest BCUT2D eigenvalue weighted by molar-refractivity contribution is 0.274. The highest BCUT2D eigenvalue weighted by Crippen LogP contribution is 2.19. The molecule has 2 heterocycles. The molecule has 0 radical (unpaired) electrons. The van der Waals surface area contributed by atoms with E-state index in [2.05, 4.69) is 39.1 Å². The molecule has 88 valence electrons. The SMILES string of the molecule is CNc1cc(N2CCN(C)CC2C)ncn1. The maximum atomic E-state index is 4.34. The molecule has 5 nitrogen and oxygen atoms in total. The Labute approximate surface area is 96.5 Å². The molecule has 0 bridgehead atoms. The van der Waals surface area contributed by atoms with E-state index in [0.717, 1.165) is 31.3 Å². The summed E-state index contributed by atoms with van der Waals surface area (Å²) in [6.07, 6.45) is 1.62. The molecule has 0 spiro atoms. The van der Waals surface area contributed by atoms with Crippen molar-refractivity contribution in [2.75, 3.05) is 43.9 Å². The summed E-state index contributed by atoms with van der Waals surface area (Å²) < 4.78 is 0. The quantitative estimate of drug-likeness (QED) is 0.794. The summed E-state index contributed by atoms with van der Waals surface area (Å²) in [5, 5.41) is 3.04. The predicted octanol–water partition coefficient (Wildman–Crippen LogP) is 0.659. The van der Waals surface area contributed by atoms with Crippen LogP contribution in [0.4, 0.5) is 11.6 Å². The Kier molecular flexibility index (Phi) is 3.24. The van der Waals surface area contributed by atoms with E-state index in [1.807, 2.05) is 13.1 Å². The number of piperazine rings is 1. The van der Waals surface area contributed by atoms with Crippen molar-refractivity contribution >= 4 is 11.6 Å². The van der Waals surface area contributed by atoms with Crippen molar-refractivity contribution < 1.29 is 0 Å². The van der Waals surface area contributed by atoms with Crippen LogP contribution in [0.15, 0.2) is 12.4 Å². The van der Waals surface area contributed by atoms with Gasteiger partial charge in [-0.05, 0) is 14.0 Å². The van der Waals surface area contributed by atoms with E-state index in [1.54, 1.807) is 6.33 Å². The Balaban J connectivity index is 2.16. The number of likely N-dealkylation sites (N-methyl/N-ethyl adjacent to an activating group) is 1. The number of nitrogens with one attached hydrogen (secondary N) is 1. The van der Waals surface area contributed by atoms with Crippen LogP contribution in [0.1, 0.15) is 6.92 Å². The van der Waals surface area contributed by atoms with Gasteiger partial charge in [-0.3, -0.25) is 0 Å². The van der Waals surface area contributed by atoms with Crippen molar-refractivity contribution in [2.45, 2.75) is 13.0 Å². The third kappa shape index (κ3) is 2.24. The molecule has 1 atom stereocenters. The fourth-order valence-electron chi connectivity index (χ4n) is 2.12. The zero-order valence-corrected chi connectivity index (χ0v) is 10.1. The van der Waals surface area contributed by atoms with Crippen LogP contribution in [0, 0.1) is 0 Å². The maximum Gasteiger partial charge on any atom is 0.134 e. The first-order valence-electron chi connectivity index (χ1n) is 5.65. The van der Waals surface area contributed by atoms with Gasteiger partial charge in [0.25, 0.3) is 0 Å². The second-order valence-corrected chi connectivity index (χ2v) is 4.32. The van der Waals surface area contributed by atoms with Crippen molar-refractivity contribution in [1.82, 2.24) is 14.9 Å². The Morgan fingerprint density at radius 1 is 1.38 bits per heavy atom. The van der Waals surface area contributed by atoms with Crippen LogP contribution in [0.2, 0.25) is 0 Å². The monoisotopic (exact) mass is 221 g/mol. The van der Waals surface area contributed by atoms with Gasteiger partial charge in [-0.25, -0.2) is 9.97 Å². The molecule has 1 aliphatic heterocycles. The van der Waals surface area contributed by atoms with Gasteiger partial charge in [0.2, 0.25) is 0 Å². The van der Waals surface area contributed by atoms with Gasteiger partial charge in [-0.15, -0.1) is 0 Å². The lowest BCUT2D eigenvalue weighted by atomic mass is 10.2. The molecule has 1 saturated heterocycles. The van der Waals surface area contributed by atoms with Crippen molar-refractivity contribution in [3.63, 3.8) is 0 Å². The van der Waals surface area contributed by atoms with Gasteiger partial charge < -0.3 is 15.1 Å². The zero-order valence-electron chi connectivity index (χ0n) is 10.1. The van der Waals surface area contributed by atoms with Gasteiger partial charge in [-0.1, -0.05) is 0 Å². The van der Waals surface area contributed by atoms with Gasteiger partial charge in [0.05, 0.1) is 0 Å². The van der Waals surface area contributed by atoms with Crippen molar-refractivity contribution in [3.05, 3.63) is 12.4 Å². The Hall–Kier alpha value is -1.36. The van der Waals surface area contributed by atoms with E-state index < -0.39 is 0 Å². The third-order valence-electron chi connectivity index (χ3n) is 3.03. The average Bonchev–Trinajstić information content (AvgIpc) is 2.29. The molecule has 1 N–H and O–H groups in total. The summed E-state index contributed by atoms with van der Waals surface area (Å²) in [6.45, 7) is 5.43. The van der Waals surface area contributed by atoms with Crippen molar-refractivity contribution in [3.8, 4) is 0 Å². The van der Waals surface area contributed by atoms with E-state index >= 15 is 0 Å². The van der Waals surface area contributed by atoms with Crippen LogP contribution in [0.25, 0.3) is 0 Å². The molecule has 1 unspecified atom stereocenters. The molecule has 16 heavy (non-hydrogen) atoms. The lowest BCUT2D eigenvalue weighted by Gasteiger charge is -2.38. The number of hydrogen-bond donors (Lipinski definition) is 1. The molecule has 5 heteroatoms. The van der Waals surface area contributed by atoms with Gasteiger partial charge in [0.15, 0.2) is 0 Å². The van der Waals surface area contributed by atoms with Crippen LogP contribution in [0.5, 0.6) is 0 Å². The van der Waals surface area contributed by atoms with Crippen LogP contribution in [0.3, 0.4) is 0 Å². The topological polar surface area (TPSA) is 44.3 Å². The number of nitrogens with zero attached hydrogens (tertiary/aromatic N) is 4. The summed E-state index contributed by atoms with van der Waals surface area (Å²) in [5.74, 6) is 1.89. The zero-order chi connectivity index (χ0) is 11.5. The molecule has 2 rings (SSSR count). The van der Waals surface area contributed by atoms with Crippen LogP contribution >= 0.6 is 0 Å². The fourth-order valence-corrected chi connectivity index (χ4v) is 2.12. The number of hydrogen-bond acceptors (Lipinski definition) is 5. The summed E-state index contributed by atoms with van der Waals surface area (Å²) in [4.78, 5) is 13.2. The smallest absolute Gasteiger partial charge is 0.134 e. The number of rotatable bonds is 2. The summed E-state index contributed by atoms with van der Waals surface area (Å²) >= 11 is 0. The maximum absolute atomic E-state index is 4.34. The third-order valence-corrected chi connectivity index (χ3v) is 3.03. The predicted molar refractivity (Wildman–Crippen MR) is 65.9 cm³/mol.